The molecule has 1 aliphatic heterocycles. The number of benzene rings is 1. The minimum absolute atomic E-state index is 0.0995. The number of nitrogens with one attached hydrogen (secondary N) is 1. The quantitative estimate of drug-likeness (QED) is 0.936. The number of rotatable bonds is 3. The van der Waals surface area contributed by atoms with Gasteiger partial charge in [-0.15, -0.1) is 0 Å². The number of fused-ring (bicyclic) bond motifs is 1. The molecular formula is C17H20ClN3O2. The van der Waals surface area contributed by atoms with Crippen LogP contribution in [0.25, 0.3) is 0 Å². The third-order valence-electron chi connectivity index (χ3n) is 4.24. The summed E-state index contributed by atoms with van der Waals surface area (Å²) in [6, 6.07) is 5.51. The molecule has 122 valence electrons. The van der Waals surface area contributed by atoms with Crippen LogP contribution in [0.1, 0.15) is 46.7 Å². The number of hydrogen-bond donors (Lipinski definition) is 1. The molecule has 1 amide bonds. The summed E-state index contributed by atoms with van der Waals surface area (Å²) in [5.74, 6) is 0.570. The molecule has 0 spiro atoms. The Labute approximate surface area is 140 Å². The van der Waals surface area contributed by atoms with Crippen LogP contribution < -0.4 is 10.1 Å². The SMILES string of the molecule is CCn1nc(C)c(C(=O)NC2CCOc3c(Cl)cccc32)c1C. The standard InChI is InChI=1S/C17H20ClN3O2/c1-4-21-11(3)15(10(2)20-21)17(22)19-14-8-9-23-16-12(14)6-5-7-13(16)18/h5-7,14H,4,8-9H2,1-3H3,(H,19,22). The van der Waals surface area contributed by atoms with Gasteiger partial charge in [0.25, 0.3) is 5.91 Å². The van der Waals surface area contributed by atoms with Crippen LogP contribution in [0, 0.1) is 13.8 Å². The van der Waals surface area contributed by atoms with Crippen molar-refractivity contribution in [2.24, 2.45) is 0 Å². The zero-order chi connectivity index (χ0) is 16.6. The maximum absolute atomic E-state index is 12.7. The first-order valence-electron chi connectivity index (χ1n) is 7.79. The second-order valence-electron chi connectivity index (χ2n) is 5.68. The van der Waals surface area contributed by atoms with Gasteiger partial charge < -0.3 is 10.1 Å². The van der Waals surface area contributed by atoms with Crippen molar-refractivity contribution in [2.75, 3.05) is 6.61 Å². The van der Waals surface area contributed by atoms with E-state index in [2.05, 4.69) is 10.4 Å². The number of para-hydroxylation sites is 1. The number of nitrogens with zero attached hydrogens (tertiary/aromatic N) is 2. The van der Waals surface area contributed by atoms with Crippen LogP contribution in [0.2, 0.25) is 5.02 Å². The maximum atomic E-state index is 12.7. The van der Waals surface area contributed by atoms with Crippen molar-refractivity contribution in [1.82, 2.24) is 15.1 Å². The van der Waals surface area contributed by atoms with E-state index in [1.54, 1.807) is 6.07 Å². The maximum Gasteiger partial charge on any atom is 0.255 e. The molecule has 1 unspecified atom stereocenters. The highest BCUT2D eigenvalue weighted by molar-refractivity contribution is 6.32. The third-order valence-corrected chi connectivity index (χ3v) is 4.54. The molecule has 0 bridgehead atoms. The van der Waals surface area contributed by atoms with Crippen LogP contribution in [-0.2, 0) is 6.54 Å². The fourth-order valence-corrected chi connectivity index (χ4v) is 3.34. The van der Waals surface area contributed by atoms with Crippen molar-refractivity contribution in [3.63, 3.8) is 0 Å². The van der Waals surface area contributed by atoms with Gasteiger partial charge >= 0.3 is 0 Å². The van der Waals surface area contributed by atoms with Gasteiger partial charge in [-0.3, -0.25) is 9.48 Å². The summed E-state index contributed by atoms with van der Waals surface area (Å²) in [5, 5.41) is 8.09. The average Bonchev–Trinajstić information content (AvgIpc) is 2.82. The van der Waals surface area contributed by atoms with Gasteiger partial charge in [0.15, 0.2) is 0 Å². The molecule has 1 atom stereocenters. The van der Waals surface area contributed by atoms with E-state index in [9.17, 15) is 4.79 Å². The summed E-state index contributed by atoms with van der Waals surface area (Å²) in [4.78, 5) is 12.7. The molecule has 0 aliphatic carbocycles. The van der Waals surface area contributed by atoms with E-state index in [4.69, 9.17) is 16.3 Å². The van der Waals surface area contributed by atoms with E-state index in [0.717, 1.165) is 29.9 Å². The largest absolute Gasteiger partial charge is 0.492 e. The second-order valence-corrected chi connectivity index (χ2v) is 6.09. The Kier molecular flexibility index (Phi) is 4.31. The summed E-state index contributed by atoms with van der Waals surface area (Å²) < 4.78 is 7.49. The van der Waals surface area contributed by atoms with Gasteiger partial charge in [0.05, 0.1) is 28.9 Å². The van der Waals surface area contributed by atoms with E-state index >= 15 is 0 Å². The van der Waals surface area contributed by atoms with Crippen molar-refractivity contribution in [1.29, 1.82) is 0 Å². The molecule has 5 nitrogen and oxygen atoms in total. The number of aromatic nitrogens is 2. The number of ether oxygens (including phenoxy) is 1. The van der Waals surface area contributed by atoms with Crippen LogP contribution in [0.3, 0.4) is 0 Å². The van der Waals surface area contributed by atoms with E-state index in [1.807, 2.05) is 37.6 Å². The summed E-state index contributed by atoms with van der Waals surface area (Å²) in [5.41, 5.74) is 3.22. The summed E-state index contributed by atoms with van der Waals surface area (Å²) >= 11 is 6.18. The molecule has 1 aliphatic rings. The summed E-state index contributed by atoms with van der Waals surface area (Å²) in [6.07, 6.45) is 0.721. The van der Waals surface area contributed by atoms with Crippen LogP contribution >= 0.6 is 11.6 Å². The Morgan fingerprint density at radius 1 is 1.48 bits per heavy atom. The Hall–Kier alpha value is -2.01. The van der Waals surface area contributed by atoms with E-state index < -0.39 is 0 Å². The first kappa shape index (κ1) is 15.9. The van der Waals surface area contributed by atoms with Gasteiger partial charge in [0.1, 0.15) is 5.75 Å². The molecule has 3 rings (SSSR count). The molecule has 6 heteroatoms. The molecule has 1 N–H and O–H groups in total. The third kappa shape index (κ3) is 2.81. The topological polar surface area (TPSA) is 56.2 Å². The van der Waals surface area contributed by atoms with Crippen molar-refractivity contribution >= 4 is 17.5 Å². The lowest BCUT2D eigenvalue weighted by Gasteiger charge is -2.27. The zero-order valence-electron chi connectivity index (χ0n) is 13.5. The molecule has 0 fully saturated rings. The average molecular weight is 334 g/mol. The molecule has 1 aromatic carbocycles. The minimum Gasteiger partial charge on any atom is -0.492 e. The second kappa shape index (κ2) is 6.24. The van der Waals surface area contributed by atoms with Crippen molar-refractivity contribution in [3.8, 4) is 5.75 Å². The minimum atomic E-state index is -0.103. The fourth-order valence-electron chi connectivity index (χ4n) is 3.10. The lowest BCUT2D eigenvalue weighted by molar-refractivity contribution is 0.0923. The molecule has 0 saturated carbocycles. The van der Waals surface area contributed by atoms with Gasteiger partial charge in [-0.1, -0.05) is 23.7 Å². The van der Waals surface area contributed by atoms with Crippen LogP contribution in [-0.4, -0.2) is 22.3 Å². The molecular weight excluding hydrogens is 314 g/mol. The van der Waals surface area contributed by atoms with Gasteiger partial charge in [-0.25, -0.2) is 0 Å². The molecule has 2 aromatic rings. The van der Waals surface area contributed by atoms with Crippen LogP contribution in [0.4, 0.5) is 0 Å². The Bertz CT molecular complexity index is 755. The smallest absolute Gasteiger partial charge is 0.255 e. The predicted octanol–water partition coefficient (Wildman–Crippen LogP) is 3.43. The lowest BCUT2D eigenvalue weighted by atomic mass is 10.00. The summed E-state index contributed by atoms with van der Waals surface area (Å²) in [7, 11) is 0. The number of halogens is 1. The summed E-state index contributed by atoms with van der Waals surface area (Å²) in [6.45, 7) is 7.08. The van der Waals surface area contributed by atoms with E-state index in [1.165, 1.54) is 0 Å². The number of amides is 1. The Balaban J connectivity index is 1.88. The highest BCUT2D eigenvalue weighted by Gasteiger charge is 2.27. The van der Waals surface area contributed by atoms with Crippen molar-refractivity contribution in [3.05, 3.63) is 45.7 Å². The van der Waals surface area contributed by atoms with Gasteiger partial charge in [0, 0.05) is 24.2 Å². The van der Waals surface area contributed by atoms with Gasteiger partial charge in [-0.05, 0) is 26.8 Å². The lowest BCUT2D eigenvalue weighted by Crippen LogP contribution is -2.32. The predicted molar refractivity (Wildman–Crippen MR) is 89.1 cm³/mol. The molecule has 2 heterocycles. The van der Waals surface area contributed by atoms with Crippen LogP contribution in [0.5, 0.6) is 5.75 Å². The molecule has 0 radical (unpaired) electrons. The monoisotopic (exact) mass is 333 g/mol. The Morgan fingerprint density at radius 3 is 2.96 bits per heavy atom. The number of hydrogen-bond acceptors (Lipinski definition) is 3. The normalized spacial score (nSPS) is 16.6. The van der Waals surface area contributed by atoms with Crippen LogP contribution in [0.15, 0.2) is 18.2 Å². The van der Waals surface area contributed by atoms with Gasteiger partial charge in [0.2, 0.25) is 0 Å². The van der Waals surface area contributed by atoms with Crippen molar-refractivity contribution < 1.29 is 9.53 Å². The first-order valence-corrected chi connectivity index (χ1v) is 8.16. The first-order chi connectivity index (χ1) is 11.0. The number of aryl methyl sites for hydroxylation is 2. The molecule has 0 saturated heterocycles. The highest BCUT2D eigenvalue weighted by Crippen LogP contribution is 2.37. The van der Waals surface area contributed by atoms with Crippen molar-refractivity contribution in [2.45, 2.75) is 39.8 Å². The zero-order valence-corrected chi connectivity index (χ0v) is 14.3. The number of carbonyl (C=O) groups is 1. The number of carbonyl (C=O) groups excluding carboxylic acids is 1. The van der Waals surface area contributed by atoms with E-state index in [0.29, 0.717) is 22.9 Å². The van der Waals surface area contributed by atoms with Gasteiger partial charge in [-0.2, -0.15) is 5.10 Å². The fraction of sp³-hybridized carbons (Fsp3) is 0.412. The molecule has 23 heavy (non-hydrogen) atoms. The Morgan fingerprint density at radius 2 is 2.26 bits per heavy atom. The highest BCUT2D eigenvalue weighted by atomic mass is 35.5. The molecule has 1 aromatic heterocycles. The van der Waals surface area contributed by atoms with E-state index in [-0.39, 0.29) is 11.9 Å².